The highest BCUT2D eigenvalue weighted by atomic mass is 19.1. The molecule has 1 amide bonds. The number of hydrogen-bond acceptors (Lipinski definition) is 6. The summed E-state index contributed by atoms with van der Waals surface area (Å²) < 4.78 is 17.7. The van der Waals surface area contributed by atoms with Crippen molar-refractivity contribution in [2.75, 3.05) is 17.2 Å². The lowest BCUT2D eigenvalue weighted by atomic mass is 9.97. The molecule has 0 aliphatic carbocycles. The Morgan fingerprint density at radius 1 is 1.23 bits per heavy atom. The lowest BCUT2D eigenvalue weighted by Crippen LogP contribution is -2.40. The predicted octanol–water partition coefficient (Wildman–Crippen LogP) is 3.51. The molecule has 174 valence electrons. The van der Waals surface area contributed by atoms with Crippen LogP contribution in [0.1, 0.15) is 11.6 Å². The van der Waals surface area contributed by atoms with Gasteiger partial charge in [-0.05, 0) is 36.3 Å². The molecule has 1 aliphatic rings. The van der Waals surface area contributed by atoms with Gasteiger partial charge in [0.15, 0.2) is 23.0 Å². The van der Waals surface area contributed by atoms with Gasteiger partial charge in [-0.2, -0.15) is 5.10 Å². The van der Waals surface area contributed by atoms with Gasteiger partial charge in [-0.15, -0.1) is 0 Å². The van der Waals surface area contributed by atoms with E-state index in [-0.39, 0.29) is 17.8 Å². The van der Waals surface area contributed by atoms with Crippen LogP contribution in [0.5, 0.6) is 5.75 Å². The molecule has 1 unspecified atom stereocenters. The van der Waals surface area contributed by atoms with Crippen LogP contribution in [-0.4, -0.2) is 41.9 Å². The fourth-order valence-corrected chi connectivity index (χ4v) is 4.79. The van der Waals surface area contributed by atoms with Gasteiger partial charge in [0.25, 0.3) is 0 Å². The van der Waals surface area contributed by atoms with Gasteiger partial charge in [0.2, 0.25) is 5.91 Å². The highest BCUT2D eigenvalue weighted by Crippen LogP contribution is 2.36. The quantitative estimate of drug-likeness (QED) is 0.391. The zero-order valence-corrected chi connectivity index (χ0v) is 18.5. The van der Waals surface area contributed by atoms with Crippen LogP contribution >= 0.6 is 0 Å². The Labute approximate surface area is 198 Å². The lowest BCUT2D eigenvalue weighted by molar-refractivity contribution is -0.114. The van der Waals surface area contributed by atoms with Gasteiger partial charge in [0.05, 0.1) is 11.6 Å². The third-order valence-electron chi connectivity index (χ3n) is 6.40. The fourth-order valence-electron chi connectivity index (χ4n) is 4.79. The fraction of sp³-hybridized carbons (Fsp3) is 0.120. The number of amides is 1. The molecule has 2 aromatic carbocycles. The SMILES string of the molecule is C=CC(=O)N1CC(n2nc(-n3ccc4cc(O)c(F)cc43)c3c(N)ncnc32)Cc2ccccc21. The summed E-state index contributed by atoms with van der Waals surface area (Å²) in [6, 6.07) is 11.8. The second kappa shape index (κ2) is 7.66. The highest BCUT2D eigenvalue weighted by molar-refractivity contribution is 6.02. The van der Waals surface area contributed by atoms with Crippen molar-refractivity contribution in [1.82, 2.24) is 24.3 Å². The number of anilines is 2. The summed E-state index contributed by atoms with van der Waals surface area (Å²) >= 11 is 0. The number of phenols is 1. The van der Waals surface area contributed by atoms with Crippen molar-refractivity contribution >= 4 is 39.3 Å². The molecular weight excluding hydrogens is 449 g/mol. The van der Waals surface area contributed by atoms with E-state index in [1.54, 1.807) is 26.4 Å². The average Bonchev–Trinajstić information content (AvgIpc) is 3.45. The molecule has 10 heteroatoms. The van der Waals surface area contributed by atoms with Crippen LogP contribution in [0.25, 0.3) is 27.8 Å². The van der Waals surface area contributed by atoms with E-state index in [4.69, 9.17) is 10.8 Å². The van der Waals surface area contributed by atoms with Crippen LogP contribution in [0.3, 0.4) is 0 Å². The van der Waals surface area contributed by atoms with Crippen molar-refractivity contribution < 1.29 is 14.3 Å². The molecule has 5 aromatic rings. The van der Waals surface area contributed by atoms with Crippen molar-refractivity contribution in [3.05, 3.63) is 79.0 Å². The minimum Gasteiger partial charge on any atom is -0.505 e. The molecule has 0 bridgehead atoms. The van der Waals surface area contributed by atoms with E-state index in [0.29, 0.717) is 40.7 Å². The smallest absolute Gasteiger partial charge is 0.250 e. The minimum absolute atomic E-state index is 0.209. The van der Waals surface area contributed by atoms with Gasteiger partial charge >= 0.3 is 0 Å². The molecule has 3 aromatic heterocycles. The normalized spacial score (nSPS) is 15.5. The van der Waals surface area contributed by atoms with E-state index in [0.717, 1.165) is 11.3 Å². The second-order valence-corrected chi connectivity index (χ2v) is 8.41. The number of aromatic hydroxyl groups is 1. The number of carbonyl (C=O) groups excluding carboxylic acids is 1. The third kappa shape index (κ3) is 3.14. The standard InChI is InChI=1S/C25H20FN7O2/c1-2-21(35)32-12-16(9-14-5-3-4-6-18(14)32)33-24-22(23(27)28-13-29-24)25(30-33)31-8-7-15-10-20(34)17(26)11-19(15)31/h2-8,10-11,13,16,34H,1,9,12H2,(H2,27,28,29). The maximum absolute atomic E-state index is 14.2. The zero-order valence-electron chi connectivity index (χ0n) is 18.5. The van der Waals surface area contributed by atoms with Crippen molar-refractivity contribution in [1.29, 1.82) is 0 Å². The first-order valence-corrected chi connectivity index (χ1v) is 11.0. The Morgan fingerprint density at radius 2 is 2.06 bits per heavy atom. The summed E-state index contributed by atoms with van der Waals surface area (Å²) in [6.07, 6.45) is 5.01. The van der Waals surface area contributed by atoms with Crippen LogP contribution < -0.4 is 10.6 Å². The van der Waals surface area contributed by atoms with Gasteiger partial charge in [-0.3, -0.25) is 9.36 Å². The molecule has 3 N–H and O–H groups in total. The van der Waals surface area contributed by atoms with Crippen molar-refractivity contribution in [3.8, 4) is 11.6 Å². The minimum atomic E-state index is -0.743. The number of para-hydroxylation sites is 1. The van der Waals surface area contributed by atoms with Crippen LogP contribution in [0.15, 0.2) is 67.6 Å². The number of halogens is 1. The largest absolute Gasteiger partial charge is 0.505 e. The van der Waals surface area contributed by atoms with E-state index < -0.39 is 11.6 Å². The first-order chi connectivity index (χ1) is 17.0. The Hall–Kier alpha value is -4.73. The Bertz CT molecular complexity index is 1650. The lowest BCUT2D eigenvalue weighted by Gasteiger charge is -2.34. The molecule has 1 aliphatic heterocycles. The van der Waals surface area contributed by atoms with Gasteiger partial charge < -0.3 is 15.7 Å². The molecule has 35 heavy (non-hydrogen) atoms. The first-order valence-electron chi connectivity index (χ1n) is 11.0. The summed E-state index contributed by atoms with van der Waals surface area (Å²) in [7, 11) is 0. The molecule has 6 rings (SSSR count). The number of fused-ring (bicyclic) bond motifs is 3. The maximum Gasteiger partial charge on any atom is 0.250 e. The number of aromatic nitrogens is 5. The van der Waals surface area contributed by atoms with Crippen molar-refractivity contribution in [3.63, 3.8) is 0 Å². The summed E-state index contributed by atoms with van der Waals surface area (Å²) in [5.41, 5.74) is 9.11. The number of nitrogen functional groups attached to an aromatic ring is 1. The second-order valence-electron chi connectivity index (χ2n) is 8.41. The maximum atomic E-state index is 14.2. The van der Waals surface area contributed by atoms with Crippen molar-refractivity contribution in [2.24, 2.45) is 0 Å². The molecule has 4 heterocycles. The molecule has 0 radical (unpaired) electrons. The summed E-state index contributed by atoms with van der Waals surface area (Å²) in [6.45, 7) is 4.00. The molecular formula is C25H20FN7O2. The third-order valence-corrected chi connectivity index (χ3v) is 6.40. The predicted molar refractivity (Wildman–Crippen MR) is 130 cm³/mol. The number of phenolic OH excluding ortho intramolecular Hbond substituents is 1. The van der Waals surface area contributed by atoms with Gasteiger partial charge in [0.1, 0.15) is 17.5 Å². The van der Waals surface area contributed by atoms with Crippen LogP contribution in [0.4, 0.5) is 15.9 Å². The number of hydrogen-bond donors (Lipinski definition) is 2. The summed E-state index contributed by atoms with van der Waals surface area (Å²) in [5.74, 6) is -0.722. The Kier molecular flexibility index (Phi) is 4.56. The zero-order chi connectivity index (χ0) is 24.3. The number of nitrogens with zero attached hydrogens (tertiary/aromatic N) is 6. The molecule has 1 atom stereocenters. The van der Waals surface area contributed by atoms with E-state index in [1.807, 2.05) is 24.3 Å². The van der Waals surface area contributed by atoms with Crippen molar-refractivity contribution in [2.45, 2.75) is 12.5 Å². The Balaban J connectivity index is 1.55. The van der Waals surface area contributed by atoms with E-state index in [1.165, 1.54) is 24.5 Å². The molecule has 0 fully saturated rings. The number of nitrogens with two attached hydrogens (primary N) is 1. The topological polar surface area (TPSA) is 115 Å². The first kappa shape index (κ1) is 20.8. The monoisotopic (exact) mass is 469 g/mol. The van der Waals surface area contributed by atoms with Gasteiger partial charge in [-0.25, -0.2) is 19.0 Å². The van der Waals surface area contributed by atoms with Crippen LogP contribution in [0, 0.1) is 5.82 Å². The Morgan fingerprint density at radius 3 is 2.89 bits per heavy atom. The van der Waals surface area contributed by atoms with E-state index in [9.17, 15) is 14.3 Å². The van der Waals surface area contributed by atoms with Crippen LogP contribution in [-0.2, 0) is 11.2 Å². The van der Waals surface area contributed by atoms with E-state index in [2.05, 4.69) is 16.5 Å². The average molecular weight is 469 g/mol. The number of carbonyl (C=O) groups is 1. The van der Waals surface area contributed by atoms with E-state index >= 15 is 0 Å². The molecule has 0 saturated heterocycles. The summed E-state index contributed by atoms with van der Waals surface area (Å²) in [5, 5.41) is 15.8. The molecule has 0 spiro atoms. The summed E-state index contributed by atoms with van der Waals surface area (Å²) in [4.78, 5) is 23.0. The molecule has 9 nitrogen and oxygen atoms in total. The van der Waals surface area contributed by atoms with Gasteiger partial charge in [-0.1, -0.05) is 24.8 Å². The highest BCUT2D eigenvalue weighted by Gasteiger charge is 2.31. The van der Waals surface area contributed by atoms with Crippen LogP contribution in [0.2, 0.25) is 0 Å². The number of benzene rings is 2. The number of rotatable bonds is 3. The molecule has 0 saturated carbocycles. The van der Waals surface area contributed by atoms with Gasteiger partial charge in [0, 0.05) is 29.9 Å².